The average molecular weight is 221 g/mol. The fourth-order valence-electron chi connectivity index (χ4n) is 2.03. The van der Waals surface area contributed by atoms with Crippen LogP contribution < -0.4 is 11.1 Å². The van der Waals surface area contributed by atoms with Gasteiger partial charge >= 0.3 is 0 Å². The number of ether oxygens (including phenoxy) is 1. The van der Waals surface area contributed by atoms with Crippen molar-refractivity contribution in [1.82, 2.24) is 4.98 Å². The first-order valence-electron chi connectivity index (χ1n) is 5.75. The number of hydrogen-bond acceptors (Lipinski definition) is 4. The Morgan fingerprint density at radius 2 is 2.38 bits per heavy atom. The zero-order valence-electron chi connectivity index (χ0n) is 9.86. The number of nitrogens with one attached hydrogen (secondary N) is 1. The van der Waals surface area contributed by atoms with Crippen LogP contribution in [0.4, 0.5) is 11.5 Å². The van der Waals surface area contributed by atoms with Crippen molar-refractivity contribution in [2.75, 3.05) is 17.7 Å². The van der Waals surface area contributed by atoms with Crippen molar-refractivity contribution in [1.29, 1.82) is 0 Å². The number of nitrogens with two attached hydrogens (primary N) is 1. The number of pyridine rings is 1. The summed E-state index contributed by atoms with van der Waals surface area (Å²) in [6.45, 7) is 4.90. The molecule has 4 heteroatoms. The molecule has 0 aromatic carbocycles. The van der Waals surface area contributed by atoms with E-state index in [-0.39, 0.29) is 0 Å². The summed E-state index contributed by atoms with van der Waals surface area (Å²) in [5, 5.41) is 3.39. The third-order valence-corrected chi connectivity index (χ3v) is 2.88. The quantitative estimate of drug-likeness (QED) is 0.801. The monoisotopic (exact) mass is 221 g/mol. The smallest absolute Gasteiger partial charge is 0.149 e. The van der Waals surface area contributed by atoms with Crippen LogP contribution in [-0.4, -0.2) is 23.7 Å². The lowest BCUT2D eigenvalue weighted by molar-refractivity contribution is 0.0232. The molecule has 1 aliphatic rings. The number of hydrogen-bond donors (Lipinski definition) is 2. The second kappa shape index (κ2) is 4.70. The summed E-state index contributed by atoms with van der Waals surface area (Å²) in [6.07, 6.45) is 4.17. The highest BCUT2D eigenvalue weighted by Crippen LogP contribution is 2.21. The molecule has 0 aliphatic carbocycles. The number of aromatic nitrogens is 1. The van der Waals surface area contributed by atoms with Crippen LogP contribution in [0.2, 0.25) is 0 Å². The standard InChI is InChI=1S/C12H19N3O/c1-8-5-11(13)12(14-7-8)15-10-3-4-16-9(2)6-10/h5,7,9-10H,3-4,6,13H2,1-2H3,(H,14,15). The summed E-state index contributed by atoms with van der Waals surface area (Å²) in [5.41, 5.74) is 7.72. The molecular formula is C12H19N3O. The number of aryl methyl sites for hydroxylation is 1. The molecule has 2 heterocycles. The molecule has 0 bridgehead atoms. The molecule has 1 aliphatic heterocycles. The molecule has 1 fully saturated rings. The Hall–Kier alpha value is -1.29. The highest BCUT2D eigenvalue weighted by atomic mass is 16.5. The first-order chi connectivity index (χ1) is 7.65. The van der Waals surface area contributed by atoms with Gasteiger partial charge in [-0.15, -0.1) is 0 Å². The minimum absolute atomic E-state index is 0.318. The normalized spacial score (nSPS) is 25.4. The van der Waals surface area contributed by atoms with E-state index in [1.54, 1.807) is 0 Å². The third kappa shape index (κ3) is 2.64. The molecule has 2 unspecified atom stereocenters. The van der Waals surface area contributed by atoms with E-state index in [4.69, 9.17) is 10.5 Å². The Morgan fingerprint density at radius 3 is 3.06 bits per heavy atom. The Balaban J connectivity index is 2.02. The molecular weight excluding hydrogens is 202 g/mol. The molecule has 1 aromatic rings. The van der Waals surface area contributed by atoms with Crippen molar-refractivity contribution < 1.29 is 4.74 Å². The van der Waals surface area contributed by atoms with Gasteiger partial charge < -0.3 is 15.8 Å². The van der Waals surface area contributed by atoms with E-state index in [0.29, 0.717) is 12.1 Å². The fourth-order valence-corrected chi connectivity index (χ4v) is 2.03. The Bertz CT molecular complexity index is 367. The maximum atomic E-state index is 5.92. The second-order valence-electron chi connectivity index (χ2n) is 4.50. The highest BCUT2D eigenvalue weighted by Gasteiger charge is 2.19. The van der Waals surface area contributed by atoms with Crippen LogP contribution in [0, 0.1) is 6.92 Å². The number of nitrogen functional groups attached to an aromatic ring is 1. The second-order valence-corrected chi connectivity index (χ2v) is 4.50. The van der Waals surface area contributed by atoms with E-state index < -0.39 is 0 Å². The van der Waals surface area contributed by atoms with Crippen LogP contribution in [-0.2, 0) is 4.74 Å². The van der Waals surface area contributed by atoms with E-state index in [9.17, 15) is 0 Å². The van der Waals surface area contributed by atoms with Gasteiger partial charge in [0.25, 0.3) is 0 Å². The molecule has 3 N–H and O–H groups in total. The third-order valence-electron chi connectivity index (χ3n) is 2.88. The molecule has 0 saturated carbocycles. The van der Waals surface area contributed by atoms with E-state index in [2.05, 4.69) is 17.2 Å². The number of rotatable bonds is 2. The van der Waals surface area contributed by atoms with Crippen molar-refractivity contribution in [2.24, 2.45) is 0 Å². The number of anilines is 2. The van der Waals surface area contributed by atoms with Crippen LogP contribution in [0.5, 0.6) is 0 Å². The minimum Gasteiger partial charge on any atom is -0.396 e. The van der Waals surface area contributed by atoms with Gasteiger partial charge in [-0.3, -0.25) is 0 Å². The van der Waals surface area contributed by atoms with Gasteiger partial charge in [-0.25, -0.2) is 4.98 Å². The van der Waals surface area contributed by atoms with Crippen LogP contribution in [0.1, 0.15) is 25.3 Å². The molecule has 1 saturated heterocycles. The zero-order valence-corrected chi connectivity index (χ0v) is 9.86. The van der Waals surface area contributed by atoms with Crippen LogP contribution in [0.25, 0.3) is 0 Å². The van der Waals surface area contributed by atoms with Crippen molar-refractivity contribution in [2.45, 2.75) is 38.8 Å². The summed E-state index contributed by atoms with van der Waals surface area (Å²) >= 11 is 0. The molecule has 2 atom stereocenters. The Labute approximate surface area is 96.2 Å². The molecule has 16 heavy (non-hydrogen) atoms. The van der Waals surface area contributed by atoms with E-state index in [0.717, 1.165) is 36.5 Å². The Kier molecular flexibility index (Phi) is 3.29. The van der Waals surface area contributed by atoms with E-state index >= 15 is 0 Å². The minimum atomic E-state index is 0.318. The lowest BCUT2D eigenvalue weighted by Crippen LogP contribution is -2.33. The molecule has 4 nitrogen and oxygen atoms in total. The van der Waals surface area contributed by atoms with Gasteiger partial charge in [0.15, 0.2) is 0 Å². The maximum Gasteiger partial charge on any atom is 0.149 e. The van der Waals surface area contributed by atoms with E-state index in [1.165, 1.54) is 0 Å². The largest absolute Gasteiger partial charge is 0.396 e. The van der Waals surface area contributed by atoms with Crippen molar-refractivity contribution >= 4 is 11.5 Å². The van der Waals surface area contributed by atoms with Gasteiger partial charge in [-0.2, -0.15) is 0 Å². The average Bonchev–Trinajstić information content (AvgIpc) is 2.22. The van der Waals surface area contributed by atoms with Crippen LogP contribution >= 0.6 is 0 Å². The van der Waals surface area contributed by atoms with Crippen LogP contribution in [0.3, 0.4) is 0 Å². The summed E-state index contributed by atoms with van der Waals surface area (Å²) in [4.78, 5) is 4.32. The van der Waals surface area contributed by atoms with Gasteiger partial charge in [0.05, 0.1) is 11.8 Å². The van der Waals surface area contributed by atoms with Gasteiger partial charge in [-0.1, -0.05) is 0 Å². The first-order valence-corrected chi connectivity index (χ1v) is 5.75. The molecule has 0 spiro atoms. The molecule has 88 valence electrons. The first kappa shape index (κ1) is 11.2. The predicted octanol–water partition coefficient (Wildman–Crippen LogP) is 1.95. The SMILES string of the molecule is Cc1cnc(NC2CCOC(C)C2)c(N)c1. The van der Waals surface area contributed by atoms with Gasteiger partial charge in [0.1, 0.15) is 5.82 Å². The van der Waals surface area contributed by atoms with E-state index in [1.807, 2.05) is 19.2 Å². The Morgan fingerprint density at radius 1 is 1.56 bits per heavy atom. The molecule has 0 amide bonds. The van der Waals surface area contributed by atoms with Gasteiger partial charge in [-0.05, 0) is 38.3 Å². The van der Waals surface area contributed by atoms with Crippen LogP contribution in [0.15, 0.2) is 12.3 Å². The van der Waals surface area contributed by atoms with Crippen molar-refractivity contribution in [3.63, 3.8) is 0 Å². The number of nitrogens with zero attached hydrogens (tertiary/aromatic N) is 1. The predicted molar refractivity (Wildman–Crippen MR) is 65.4 cm³/mol. The molecule has 0 radical (unpaired) electrons. The topological polar surface area (TPSA) is 60.2 Å². The zero-order chi connectivity index (χ0) is 11.5. The van der Waals surface area contributed by atoms with Gasteiger partial charge in [0, 0.05) is 18.8 Å². The van der Waals surface area contributed by atoms with Gasteiger partial charge in [0.2, 0.25) is 0 Å². The lowest BCUT2D eigenvalue weighted by Gasteiger charge is -2.28. The summed E-state index contributed by atoms with van der Waals surface area (Å²) in [6, 6.07) is 2.36. The molecule has 1 aromatic heterocycles. The summed E-state index contributed by atoms with van der Waals surface area (Å²) in [7, 11) is 0. The van der Waals surface area contributed by atoms with Crippen molar-refractivity contribution in [3.8, 4) is 0 Å². The molecule has 2 rings (SSSR count). The lowest BCUT2D eigenvalue weighted by atomic mass is 10.0. The highest BCUT2D eigenvalue weighted by molar-refractivity contribution is 5.62. The van der Waals surface area contributed by atoms with Crippen molar-refractivity contribution in [3.05, 3.63) is 17.8 Å². The maximum absolute atomic E-state index is 5.92. The summed E-state index contributed by atoms with van der Waals surface area (Å²) in [5.74, 6) is 0.796. The summed E-state index contributed by atoms with van der Waals surface area (Å²) < 4.78 is 5.50. The fraction of sp³-hybridized carbons (Fsp3) is 0.583.